The molecule has 5 heteroatoms. The summed E-state index contributed by atoms with van der Waals surface area (Å²) in [5.41, 5.74) is 7.39. The second-order valence-corrected chi connectivity index (χ2v) is 6.99. The third-order valence-corrected chi connectivity index (χ3v) is 5.46. The molecule has 0 aliphatic heterocycles. The lowest BCUT2D eigenvalue weighted by atomic mass is 9.65. The van der Waals surface area contributed by atoms with Crippen LogP contribution in [-0.4, -0.2) is 18.6 Å². The summed E-state index contributed by atoms with van der Waals surface area (Å²) >= 11 is 0. The summed E-state index contributed by atoms with van der Waals surface area (Å²) in [5.74, 6) is 2.27. The SMILES string of the molecule is CCOc1cccc(CNC(=O)C2CC3CCCC(C2)C3N)c1.Cl. The minimum Gasteiger partial charge on any atom is -0.494 e. The molecule has 0 radical (unpaired) electrons. The normalized spacial score (nSPS) is 28.6. The van der Waals surface area contributed by atoms with Crippen LogP contribution in [0.2, 0.25) is 0 Å². The molecule has 3 rings (SSSR count). The van der Waals surface area contributed by atoms with Crippen molar-refractivity contribution in [2.75, 3.05) is 6.61 Å². The molecule has 2 unspecified atom stereocenters. The number of rotatable bonds is 5. The Hall–Kier alpha value is -1.26. The fourth-order valence-corrected chi connectivity index (χ4v) is 4.25. The molecule has 3 N–H and O–H groups in total. The van der Waals surface area contributed by atoms with Crippen molar-refractivity contribution < 1.29 is 9.53 Å². The molecule has 2 saturated carbocycles. The fraction of sp³-hybridized carbons (Fsp3) is 0.632. The van der Waals surface area contributed by atoms with E-state index in [1.165, 1.54) is 19.3 Å². The molecule has 134 valence electrons. The smallest absolute Gasteiger partial charge is 0.223 e. The van der Waals surface area contributed by atoms with Crippen LogP contribution in [-0.2, 0) is 11.3 Å². The lowest BCUT2D eigenvalue weighted by molar-refractivity contribution is -0.128. The van der Waals surface area contributed by atoms with Crippen molar-refractivity contribution in [2.45, 2.75) is 51.6 Å². The number of fused-ring (bicyclic) bond motifs is 2. The second-order valence-electron chi connectivity index (χ2n) is 6.99. The van der Waals surface area contributed by atoms with Crippen molar-refractivity contribution in [3.63, 3.8) is 0 Å². The average molecular weight is 353 g/mol. The van der Waals surface area contributed by atoms with Gasteiger partial charge in [0, 0.05) is 18.5 Å². The van der Waals surface area contributed by atoms with Gasteiger partial charge in [-0.05, 0) is 62.1 Å². The summed E-state index contributed by atoms with van der Waals surface area (Å²) in [6, 6.07) is 8.24. The van der Waals surface area contributed by atoms with E-state index in [-0.39, 0.29) is 24.2 Å². The Bertz CT molecular complexity index is 538. The lowest BCUT2D eigenvalue weighted by Gasteiger charge is -2.43. The van der Waals surface area contributed by atoms with Gasteiger partial charge < -0.3 is 15.8 Å². The Morgan fingerprint density at radius 2 is 2.00 bits per heavy atom. The molecule has 1 amide bonds. The molecule has 0 aromatic heterocycles. The molecule has 0 spiro atoms. The quantitative estimate of drug-likeness (QED) is 0.854. The van der Waals surface area contributed by atoms with Crippen LogP contribution >= 0.6 is 12.4 Å². The molecule has 2 bridgehead atoms. The molecule has 24 heavy (non-hydrogen) atoms. The number of halogens is 1. The van der Waals surface area contributed by atoms with E-state index in [2.05, 4.69) is 5.32 Å². The Balaban J connectivity index is 0.00000208. The maximum Gasteiger partial charge on any atom is 0.223 e. The Labute approximate surface area is 150 Å². The van der Waals surface area contributed by atoms with Crippen molar-refractivity contribution in [1.82, 2.24) is 5.32 Å². The largest absolute Gasteiger partial charge is 0.494 e. The number of nitrogens with two attached hydrogens (primary N) is 1. The monoisotopic (exact) mass is 352 g/mol. The van der Waals surface area contributed by atoms with Gasteiger partial charge in [0.05, 0.1) is 6.61 Å². The molecule has 2 aliphatic carbocycles. The topological polar surface area (TPSA) is 64.3 Å². The fourth-order valence-electron chi connectivity index (χ4n) is 4.25. The van der Waals surface area contributed by atoms with E-state index in [0.717, 1.165) is 24.2 Å². The molecule has 1 aromatic carbocycles. The van der Waals surface area contributed by atoms with Crippen LogP contribution in [0.15, 0.2) is 24.3 Å². The number of hydrogen-bond donors (Lipinski definition) is 2. The summed E-state index contributed by atoms with van der Waals surface area (Å²) < 4.78 is 5.51. The highest BCUT2D eigenvalue weighted by Crippen LogP contribution is 2.41. The first-order valence-corrected chi connectivity index (χ1v) is 8.92. The molecular formula is C19H29ClN2O2. The Morgan fingerprint density at radius 3 is 2.67 bits per heavy atom. The summed E-state index contributed by atoms with van der Waals surface area (Å²) in [4.78, 5) is 12.5. The predicted molar refractivity (Wildman–Crippen MR) is 98.2 cm³/mol. The minimum atomic E-state index is 0. The first-order valence-electron chi connectivity index (χ1n) is 8.92. The zero-order valence-electron chi connectivity index (χ0n) is 14.4. The number of benzene rings is 1. The zero-order valence-corrected chi connectivity index (χ0v) is 15.2. The van der Waals surface area contributed by atoms with Gasteiger partial charge in [-0.2, -0.15) is 0 Å². The third kappa shape index (κ3) is 4.42. The molecule has 0 saturated heterocycles. The van der Waals surface area contributed by atoms with Crippen molar-refractivity contribution in [1.29, 1.82) is 0 Å². The Morgan fingerprint density at radius 1 is 1.29 bits per heavy atom. The van der Waals surface area contributed by atoms with Gasteiger partial charge in [0.1, 0.15) is 5.75 Å². The van der Waals surface area contributed by atoms with Crippen LogP contribution in [0.4, 0.5) is 0 Å². The number of ether oxygens (including phenoxy) is 1. The molecule has 4 nitrogen and oxygen atoms in total. The number of carbonyl (C=O) groups excluding carboxylic acids is 1. The summed E-state index contributed by atoms with van der Waals surface area (Å²) in [5, 5.41) is 3.11. The highest BCUT2D eigenvalue weighted by molar-refractivity contribution is 5.85. The van der Waals surface area contributed by atoms with Gasteiger partial charge >= 0.3 is 0 Å². The predicted octanol–water partition coefficient (Wildman–Crippen LogP) is 3.28. The third-order valence-electron chi connectivity index (χ3n) is 5.46. The summed E-state index contributed by atoms with van der Waals surface area (Å²) in [7, 11) is 0. The van der Waals surface area contributed by atoms with Crippen LogP contribution in [0, 0.1) is 17.8 Å². The van der Waals surface area contributed by atoms with E-state index in [9.17, 15) is 4.79 Å². The maximum absolute atomic E-state index is 12.5. The molecule has 2 atom stereocenters. The van der Waals surface area contributed by atoms with Crippen LogP contribution in [0.25, 0.3) is 0 Å². The van der Waals surface area contributed by atoms with E-state index in [4.69, 9.17) is 10.5 Å². The van der Waals surface area contributed by atoms with E-state index in [1.54, 1.807) is 0 Å². The second kappa shape index (κ2) is 8.72. The number of nitrogens with one attached hydrogen (secondary N) is 1. The van der Waals surface area contributed by atoms with Crippen LogP contribution in [0.3, 0.4) is 0 Å². The molecular weight excluding hydrogens is 324 g/mol. The van der Waals surface area contributed by atoms with Gasteiger partial charge in [0.15, 0.2) is 0 Å². The van der Waals surface area contributed by atoms with Crippen molar-refractivity contribution >= 4 is 18.3 Å². The number of amides is 1. The van der Waals surface area contributed by atoms with Gasteiger partial charge in [-0.15, -0.1) is 12.4 Å². The van der Waals surface area contributed by atoms with E-state index in [0.29, 0.717) is 31.0 Å². The number of carbonyl (C=O) groups is 1. The lowest BCUT2D eigenvalue weighted by Crippen LogP contribution is -2.49. The first-order chi connectivity index (χ1) is 11.2. The van der Waals surface area contributed by atoms with Crippen LogP contribution in [0.1, 0.15) is 44.6 Å². The van der Waals surface area contributed by atoms with Gasteiger partial charge in [0.2, 0.25) is 5.91 Å². The summed E-state index contributed by atoms with van der Waals surface area (Å²) in [6.45, 7) is 3.19. The number of hydrogen-bond acceptors (Lipinski definition) is 3. The molecule has 1 aromatic rings. The molecule has 2 fully saturated rings. The van der Waals surface area contributed by atoms with Crippen molar-refractivity contribution in [3.8, 4) is 5.75 Å². The molecule has 0 heterocycles. The Kier molecular flexibility index (Phi) is 6.93. The van der Waals surface area contributed by atoms with Gasteiger partial charge in [0.25, 0.3) is 0 Å². The van der Waals surface area contributed by atoms with Crippen molar-refractivity contribution in [2.24, 2.45) is 23.5 Å². The minimum absolute atomic E-state index is 0. The van der Waals surface area contributed by atoms with Gasteiger partial charge in [-0.1, -0.05) is 18.6 Å². The molecule has 2 aliphatic rings. The summed E-state index contributed by atoms with van der Waals surface area (Å²) in [6.07, 6.45) is 5.59. The van der Waals surface area contributed by atoms with Crippen LogP contribution < -0.4 is 15.8 Å². The van der Waals surface area contributed by atoms with Gasteiger partial charge in [-0.25, -0.2) is 0 Å². The van der Waals surface area contributed by atoms with E-state index >= 15 is 0 Å². The highest BCUT2D eigenvalue weighted by atomic mass is 35.5. The standard InChI is InChI=1S/C19H28N2O2.ClH/c1-2-23-17-8-3-5-13(9-17)12-21-19(22)16-10-14-6-4-7-15(11-16)18(14)20;/h3,5,8-9,14-16,18H,2,4,6-7,10-12,20H2,1H3,(H,21,22);1H. The first kappa shape index (κ1) is 19.1. The van der Waals surface area contributed by atoms with E-state index < -0.39 is 0 Å². The van der Waals surface area contributed by atoms with E-state index in [1.807, 2.05) is 31.2 Å². The zero-order chi connectivity index (χ0) is 16.2. The average Bonchev–Trinajstić information content (AvgIpc) is 2.53. The van der Waals surface area contributed by atoms with Crippen molar-refractivity contribution in [3.05, 3.63) is 29.8 Å². The maximum atomic E-state index is 12.5. The van der Waals surface area contributed by atoms with Crippen LogP contribution in [0.5, 0.6) is 5.75 Å². The highest BCUT2D eigenvalue weighted by Gasteiger charge is 2.40. The van der Waals surface area contributed by atoms with Gasteiger partial charge in [-0.3, -0.25) is 4.79 Å².